The van der Waals surface area contributed by atoms with Gasteiger partial charge in [0.05, 0.1) is 12.5 Å². The van der Waals surface area contributed by atoms with Gasteiger partial charge in [0.1, 0.15) is 6.61 Å². The van der Waals surface area contributed by atoms with Crippen LogP contribution in [0, 0.1) is 5.92 Å². The molecule has 0 aromatic heterocycles. The van der Waals surface area contributed by atoms with E-state index in [1.807, 2.05) is 44.2 Å². The van der Waals surface area contributed by atoms with Crippen molar-refractivity contribution in [3.05, 3.63) is 35.9 Å². The summed E-state index contributed by atoms with van der Waals surface area (Å²) in [7, 11) is 0. The number of rotatable bonds is 7. The van der Waals surface area contributed by atoms with Crippen molar-refractivity contribution in [2.45, 2.75) is 45.4 Å². The minimum atomic E-state index is -0.842. The number of ether oxygens (including phenoxy) is 1. The van der Waals surface area contributed by atoms with Crippen LogP contribution in [-0.2, 0) is 16.1 Å². The van der Waals surface area contributed by atoms with Gasteiger partial charge in [0, 0.05) is 6.04 Å². The van der Waals surface area contributed by atoms with Gasteiger partial charge in [0.25, 0.3) is 0 Å². The van der Waals surface area contributed by atoms with E-state index in [1.54, 1.807) is 0 Å². The van der Waals surface area contributed by atoms with Crippen LogP contribution in [0.15, 0.2) is 30.3 Å². The molecule has 2 atom stereocenters. The van der Waals surface area contributed by atoms with Crippen molar-refractivity contribution < 1.29 is 14.6 Å². The summed E-state index contributed by atoms with van der Waals surface area (Å²) in [5.74, 6) is -0.0273. The number of hydrogen-bond acceptors (Lipinski definition) is 4. The van der Waals surface area contributed by atoms with Crippen LogP contribution in [-0.4, -0.2) is 23.2 Å². The minimum Gasteiger partial charge on any atom is -0.461 e. The molecular formula is C15H24ClNO3. The Bertz CT molecular complexity index is 384. The highest BCUT2D eigenvalue weighted by atomic mass is 35.5. The molecule has 0 amide bonds. The molecule has 0 aliphatic carbocycles. The lowest BCUT2D eigenvalue weighted by atomic mass is 9.98. The third kappa shape index (κ3) is 7.48. The summed E-state index contributed by atoms with van der Waals surface area (Å²) < 4.78 is 5.10. The lowest BCUT2D eigenvalue weighted by Gasteiger charge is -2.19. The Kier molecular flexibility index (Phi) is 9.21. The summed E-state index contributed by atoms with van der Waals surface area (Å²) >= 11 is 0. The monoisotopic (exact) mass is 301 g/mol. The Balaban J connectivity index is 0.00000361. The Morgan fingerprint density at radius 2 is 1.90 bits per heavy atom. The molecule has 0 aliphatic heterocycles. The van der Waals surface area contributed by atoms with E-state index < -0.39 is 12.1 Å². The van der Waals surface area contributed by atoms with Crippen LogP contribution in [0.3, 0.4) is 0 Å². The zero-order valence-corrected chi connectivity index (χ0v) is 12.8. The van der Waals surface area contributed by atoms with E-state index >= 15 is 0 Å². The van der Waals surface area contributed by atoms with Crippen molar-refractivity contribution in [1.29, 1.82) is 0 Å². The van der Waals surface area contributed by atoms with Gasteiger partial charge in [0.2, 0.25) is 0 Å². The Hall–Kier alpha value is -1.10. The van der Waals surface area contributed by atoms with E-state index in [-0.39, 0.29) is 31.5 Å². The summed E-state index contributed by atoms with van der Waals surface area (Å²) in [6.45, 7) is 4.28. The van der Waals surface area contributed by atoms with Crippen molar-refractivity contribution >= 4 is 18.4 Å². The van der Waals surface area contributed by atoms with Gasteiger partial charge in [-0.15, -0.1) is 12.4 Å². The van der Waals surface area contributed by atoms with E-state index in [4.69, 9.17) is 10.5 Å². The quantitative estimate of drug-likeness (QED) is 0.758. The molecule has 1 aromatic carbocycles. The van der Waals surface area contributed by atoms with Crippen molar-refractivity contribution in [1.82, 2.24) is 0 Å². The Labute approximate surface area is 126 Å². The van der Waals surface area contributed by atoms with Gasteiger partial charge in [0.15, 0.2) is 0 Å². The summed E-state index contributed by atoms with van der Waals surface area (Å²) in [4.78, 5) is 11.6. The van der Waals surface area contributed by atoms with Gasteiger partial charge >= 0.3 is 5.97 Å². The molecule has 1 rings (SSSR count). The van der Waals surface area contributed by atoms with Gasteiger partial charge < -0.3 is 15.6 Å². The normalized spacial score (nSPS) is 13.4. The number of esters is 1. The molecule has 0 saturated carbocycles. The summed E-state index contributed by atoms with van der Waals surface area (Å²) in [5.41, 5.74) is 6.74. The first-order valence-electron chi connectivity index (χ1n) is 6.62. The molecule has 114 valence electrons. The zero-order valence-electron chi connectivity index (χ0n) is 12.0. The summed E-state index contributed by atoms with van der Waals surface area (Å²) in [6, 6.07) is 9.06. The largest absolute Gasteiger partial charge is 0.461 e. The first-order valence-corrected chi connectivity index (χ1v) is 6.62. The van der Waals surface area contributed by atoms with Gasteiger partial charge in [-0.2, -0.15) is 0 Å². The zero-order chi connectivity index (χ0) is 14.3. The SMILES string of the molecule is CC(C)C[C@H](N)[C@@H](O)CC(=O)OCc1ccccc1.Cl. The number of aliphatic hydroxyl groups is 1. The third-order valence-corrected chi connectivity index (χ3v) is 2.86. The Morgan fingerprint density at radius 1 is 1.30 bits per heavy atom. The third-order valence-electron chi connectivity index (χ3n) is 2.86. The molecule has 5 heteroatoms. The molecule has 0 radical (unpaired) electrons. The lowest BCUT2D eigenvalue weighted by molar-refractivity contribution is -0.147. The second-order valence-corrected chi connectivity index (χ2v) is 5.21. The number of benzene rings is 1. The molecule has 3 N–H and O–H groups in total. The number of carbonyl (C=O) groups excluding carboxylic acids is 1. The molecule has 4 nitrogen and oxygen atoms in total. The molecule has 0 fully saturated rings. The fourth-order valence-corrected chi connectivity index (χ4v) is 1.82. The van der Waals surface area contributed by atoms with Crippen molar-refractivity contribution in [2.24, 2.45) is 11.7 Å². The predicted molar refractivity (Wildman–Crippen MR) is 81.5 cm³/mol. The van der Waals surface area contributed by atoms with Crippen LogP contribution in [0.25, 0.3) is 0 Å². The van der Waals surface area contributed by atoms with Crippen LogP contribution in [0.5, 0.6) is 0 Å². The first kappa shape index (κ1) is 18.9. The molecule has 0 aliphatic rings. The van der Waals surface area contributed by atoms with Crippen LogP contribution in [0.2, 0.25) is 0 Å². The molecule has 0 unspecified atom stereocenters. The van der Waals surface area contributed by atoms with Crippen LogP contribution < -0.4 is 5.73 Å². The second kappa shape index (κ2) is 9.75. The average Bonchev–Trinajstić information content (AvgIpc) is 2.36. The van der Waals surface area contributed by atoms with Crippen LogP contribution in [0.1, 0.15) is 32.3 Å². The lowest BCUT2D eigenvalue weighted by Crippen LogP contribution is -2.37. The van der Waals surface area contributed by atoms with Gasteiger partial charge in [-0.1, -0.05) is 44.2 Å². The topological polar surface area (TPSA) is 72.5 Å². The highest BCUT2D eigenvalue weighted by Crippen LogP contribution is 2.10. The van der Waals surface area contributed by atoms with Crippen molar-refractivity contribution in [3.63, 3.8) is 0 Å². The maximum absolute atomic E-state index is 11.6. The number of halogens is 1. The van der Waals surface area contributed by atoms with E-state index in [2.05, 4.69) is 0 Å². The molecular weight excluding hydrogens is 278 g/mol. The average molecular weight is 302 g/mol. The minimum absolute atomic E-state index is 0. The standard InChI is InChI=1S/C15H23NO3.ClH/c1-11(2)8-13(16)14(17)9-15(18)19-10-12-6-4-3-5-7-12;/h3-7,11,13-14,17H,8-10,16H2,1-2H3;1H/t13-,14-;/m0./s1. The molecule has 0 saturated heterocycles. The number of hydrogen-bond donors (Lipinski definition) is 2. The first-order chi connectivity index (χ1) is 8.99. The molecule has 1 aromatic rings. The van der Waals surface area contributed by atoms with E-state index in [9.17, 15) is 9.90 Å². The van der Waals surface area contributed by atoms with Gasteiger partial charge in [-0.05, 0) is 17.9 Å². The van der Waals surface area contributed by atoms with Crippen LogP contribution >= 0.6 is 12.4 Å². The number of aliphatic hydroxyl groups excluding tert-OH is 1. The van der Waals surface area contributed by atoms with E-state index in [0.29, 0.717) is 12.3 Å². The number of nitrogens with two attached hydrogens (primary N) is 1. The smallest absolute Gasteiger partial charge is 0.308 e. The molecule has 0 heterocycles. The van der Waals surface area contributed by atoms with Crippen molar-refractivity contribution in [3.8, 4) is 0 Å². The highest BCUT2D eigenvalue weighted by molar-refractivity contribution is 5.85. The van der Waals surface area contributed by atoms with Crippen LogP contribution in [0.4, 0.5) is 0 Å². The van der Waals surface area contributed by atoms with Gasteiger partial charge in [-0.25, -0.2) is 0 Å². The maximum atomic E-state index is 11.6. The fraction of sp³-hybridized carbons (Fsp3) is 0.533. The maximum Gasteiger partial charge on any atom is 0.308 e. The van der Waals surface area contributed by atoms with E-state index in [1.165, 1.54) is 0 Å². The van der Waals surface area contributed by atoms with Gasteiger partial charge in [-0.3, -0.25) is 4.79 Å². The number of carbonyl (C=O) groups is 1. The molecule has 0 spiro atoms. The Morgan fingerprint density at radius 3 is 2.45 bits per heavy atom. The van der Waals surface area contributed by atoms with Crippen molar-refractivity contribution in [2.75, 3.05) is 0 Å². The highest BCUT2D eigenvalue weighted by Gasteiger charge is 2.20. The summed E-state index contributed by atoms with van der Waals surface area (Å²) in [6.07, 6.45) is -0.209. The molecule has 20 heavy (non-hydrogen) atoms. The fourth-order valence-electron chi connectivity index (χ4n) is 1.82. The van der Waals surface area contributed by atoms with E-state index in [0.717, 1.165) is 5.56 Å². The second-order valence-electron chi connectivity index (χ2n) is 5.21. The predicted octanol–water partition coefficient (Wildman–Crippen LogP) is 2.28. The summed E-state index contributed by atoms with van der Waals surface area (Å²) in [5, 5.41) is 9.81. The molecule has 0 bridgehead atoms.